The zero-order chi connectivity index (χ0) is 21.1. The number of carbonyl (C=O) groups excluding carboxylic acids is 1. The lowest BCUT2D eigenvalue weighted by atomic mass is 9.68. The van der Waals surface area contributed by atoms with Crippen LogP contribution in [0.4, 0.5) is 4.39 Å². The molecule has 4 rings (SSSR count). The van der Waals surface area contributed by atoms with Crippen molar-refractivity contribution < 1.29 is 13.9 Å². The van der Waals surface area contributed by atoms with Crippen molar-refractivity contribution in [3.8, 4) is 5.75 Å². The summed E-state index contributed by atoms with van der Waals surface area (Å²) in [6, 6.07) is 4.00. The molecule has 0 amide bonds. The van der Waals surface area contributed by atoms with Crippen LogP contribution in [0.25, 0.3) is 0 Å². The van der Waals surface area contributed by atoms with Crippen molar-refractivity contribution in [1.82, 2.24) is 0 Å². The molecule has 2 aliphatic carbocycles. The summed E-state index contributed by atoms with van der Waals surface area (Å²) in [4.78, 5) is 12.3. The van der Waals surface area contributed by atoms with Crippen LogP contribution in [-0.2, 0) is 11.2 Å². The molecule has 0 N–H and O–H groups in total. The molecule has 2 saturated carbocycles. The minimum atomic E-state index is -0.265. The topological polar surface area (TPSA) is 26.3 Å². The summed E-state index contributed by atoms with van der Waals surface area (Å²) < 4.78 is 20.8. The van der Waals surface area contributed by atoms with Crippen molar-refractivity contribution >= 4 is 5.97 Å². The van der Waals surface area contributed by atoms with Gasteiger partial charge in [-0.2, -0.15) is 0 Å². The second-order valence-electron chi connectivity index (χ2n) is 10.2. The quantitative estimate of drug-likeness (QED) is 0.354. The maximum absolute atomic E-state index is 15.3. The van der Waals surface area contributed by atoms with E-state index in [1.807, 2.05) is 12.1 Å². The van der Waals surface area contributed by atoms with Gasteiger partial charge in [-0.05, 0) is 86.2 Å². The first kappa shape index (κ1) is 21.8. The molecule has 1 aromatic carbocycles. The zero-order valence-corrected chi connectivity index (χ0v) is 18.9. The molecule has 0 aromatic heterocycles. The average Bonchev–Trinajstić information content (AvgIpc) is 2.76. The van der Waals surface area contributed by atoms with Crippen LogP contribution in [0.5, 0.6) is 5.75 Å². The van der Waals surface area contributed by atoms with E-state index in [-0.39, 0.29) is 29.4 Å². The van der Waals surface area contributed by atoms with E-state index >= 15 is 4.39 Å². The number of carbonyl (C=O) groups is 1. The normalized spacial score (nSPS) is 31.8. The van der Waals surface area contributed by atoms with Crippen LogP contribution >= 0.6 is 0 Å². The Balaban J connectivity index is 1.36. The Morgan fingerprint density at radius 2 is 1.53 bits per heavy atom. The summed E-state index contributed by atoms with van der Waals surface area (Å²) in [5.74, 6) is 2.56. The zero-order valence-electron chi connectivity index (χ0n) is 18.9. The van der Waals surface area contributed by atoms with E-state index < -0.39 is 0 Å². The van der Waals surface area contributed by atoms with Crippen molar-refractivity contribution in [2.45, 2.75) is 103 Å². The Labute approximate surface area is 182 Å². The first-order valence-electron chi connectivity index (χ1n) is 12.6. The van der Waals surface area contributed by atoms with Crippen molar-refractivity contribution in [3.05, 3.63) is 29.1 Å². The highest BCUT2D eigenvalue weighted by Gasteiger charge is 2.35. The Bertz CT molecular complexity index is 727. The molecule has 1 aliphatic heterocycles. The van der Waals surface area contributed by atoms with Crippen molar-refractivity contribution in [1.29, 1.82) is 0 Å². The number of halogens is 1. The number of rotatable bonds is 6. The molecule has 0 saturated heterocycles. The third-order valence-corrected chi connectivity index (χ3v) is 8.31. The number of benzene rings is 1. The molecule has 0 radical (unpaired) electrons. The molecule has 0 bridgehead atoms. The van der Waals surface area contributed by atoms with Gasteiger partial charge in [0.1, 0.15) is 0 Å². The van der Waals surface area contributed by atoms with Gasteiger partial charge in [-0.1, -0.05) is 58.1 Å². The van der Waals surface area contributed by atoms with E-state index in [9.17, 15) is 4.79 Å². The molecule has 0 spiro atoms. The fourth-order valence-corrected chi connectivity index (χ4v) is 6.56. The summed E-state index contributed by atoms with van der Waals surface area (Å²) in [6.45, 7) is 4.37. The van der Waals surface area contributed by atoms with Gasteiger partial charge in [0.05, 0.1) is 5.92 Å². The lowest BCUT2D eigenvalue weighted by Crippen LogP contribution is -2.29. The summed E-state index contributed by atoms with van der Waals surface area (Å²) in [5, 5.41) is 0. The van der Waals surface area contributed by atoms with Crippen molar-refractivity contribution in [3.63, 3.8) is 0 Å². The first-order valence-corrected chi connectivity index (χ1v) is 12.6. The van der Waals surface area contributed by atoms with Crippen LogP contribution in [0.2, 0.25) is 0 Å². The van der Waals surface area contributed by atoms with Gasteiger partial charge >= 0.3 is 5.97 Å². The van der Waals surface area contributed by atoms with E-state index in [1.165, 1.54) is 51.4 Å². The minimum absolute atomic E-state index is 0.115. The number of esters is 1. The molecule has 3 aliphatic rings. The van der Waals surface area contributed by atoms with Gasteiger partial charge < -0.3 is 4.74 Å². The van der Waals surface area contributed by atoms with E-state index in [0.29, 0.717) is 6.42 Å². The predicted octanol–water partition coefficient (Wildman–Crippen LogP) is 7.58. The summed E-state index contributed by atoms with van der Waals surface area (Å²) in [6.07, 6.45) is 15.3. The SMILES string of the molecule is CCCC1CCC(C2CCC(c3ccc4c(c3F)OC(=O)C(CCC)C4)CC2)CC1. The van der Waals surface area contributed by atoms with E-state index in [2.05, 4.69) is 13.8 Å². The highest BCUT2D eigenvalue weighted by atomic mass is 19.1. The summed E-state index contributed by atoms with van der Waals surface area (Å²) in [5.41, 5.74) is 1.65. The monoisotopic (exact) mass is 414 g/mol. The molecule has 2 nitrogen and oxygen atoms in total. The Morgan fingerprint density at radius 1 is 0.900 bits per heavy atom. The fraction of sp³-hybridized carbons (Fsp3) is 0.741. The highest BCUT2D eigenvalue weighted by molar-refractivity contribution is 5.78. The smallest absolute Gasteiger partial charge is 0.314 e. The van der Waals surface area contributed by atoms with Crippen LogP contribution < -0.4 is 4.74 Å². The number of hydrogen-bond donors (Lipinski definition) is 0. The maximum Gasteiger partial charge on any atom is 0.314 e. The maximum atomic E-state index is 15.3. The second kappa shape index (κ2) is 9.83. The number of fused-ring (bicyclic) bond motifs is 1. The fourth-order valence-electron chi connectivity index (χ4n) is 6.56. The standard InChI is InChI=1S/C27H39FO2/c1-3-5-18-7-9-19(10-8-18)20-11-13-21(14-12-20)24-16-15-22-17-23(6-4-2)27(29)30-26(22)25(24)28/h15-16,18-21,23H,3-14,17H2,1-2H3. The number of hydrogen-bond acceptors (Lipinski definition) is 2. The Kier molecular flexibility index (Phi) is 7.16. The molecule has 1 unspecified atom stereocenters. The molecule has 166 valence electrons. The molecule has 1 atom stereocenters. The van der Waals surface area contributed by atoms with Crippen LogP contribution in [-0.4, -0.2) is 5.97 Å². The summed E-state index contributed by atoms with van der Waals surface area (Å²) >= 11 is 0. The third-order valence-electron chi connectivity index (χ3n) is 8.31. The lowest BCUT2D eigenvalue weighted by molar-refractivity contribution is -0.140. The van der Waals surface area contributed by atoms with E-state index in [0.717, 1.165) is 54.6 Å². The second-order valence-corrected chi connectivity index (χ2v) is 10.2. The van der Waals surface area contributed by atoms with Crippen LogP contribution in [0.3, 0.4) is 0 Å². The van der Waals surface area contributed by atoms with Gasteiger partial charge in [0.15, 0.2) is 11.6 Å². The summed E-state index contributed by atoms with van der Waals surface area (Å²) in [7, 11) is 0. The van der Waals surface area contributed by atoms with Crippen LogP contribution in [0.1, 0.15) is 108 Å². The van der Waals surface area contributed by atoms with Gasteiger partial charge in [-0.25, -0.2) is 4.39 Å². The molecule has 30 heavy (non-hydrogen) atoms. The Hall–Kier alpha value is -1.38. The molecule has 1 heterocycles. The van der Waals surface area contributed by atoms with E-state index in [1.54, 1.807) is 0 Å². The molecular formula is C27H39FO2. The minimum Gasteiger partial charge on any atom is -0.423 e. The highest BCUT2D eigenvalue weighted by Crippen LogP contribution is 2.46. The van der Waals surface area contributed by atoms with Crippen molar-refractivity contribution in [2.75, 3.05) is 0 Å². The van der Waals surface area contributed by atoms with Gasteiger partial charge in [-0.3, -0.25) is 4.79 Å². The molecule has 3 heteroatoms. The van der Waals surface area contributed by atoms with Gasteiger partial charge in [-0.15, -0.1) is 0 Å². The lowest BCUT2D eigenvalue weighted by Gasteiger charge is -2.38. The molecule has 1 aromatic rings. The average molecular weight is 415 g/mol. The first-order chi connectivity index (χ1) is 14.6. The van der Waals surface area contributed by atoms with Gasteiger partial charge in [0.25, 0.3) is 0 Å². The van der Waals surface area contributed by atoms with Gasteiger partial charge in [0, 0.05) is 0 Å². The predicted molar refractivity (Wildman–Crippen MR) is 119 cm³/mol. The molecule has 2 fully saturated rings. The third kappa shape index (κ3) is 4.60. The van der Waals surface area contributed by atoms with Crippen molar-refractivity contribution in [2.24, 2.45) is 23.7 Å². The Morgan fingerprint density at radius 3 is 2.17 bits per heavy atom. The van der Waals surface area contributed by atoms with Crippen LogP contribution in [0.15, 0.2) is 12.1 Å². The number of ether oxygens (including phenoxy) is 1. The van der Waals surface area contributed by atoms with Gasteiger partial charge in [0.2, 0.25) is 0 Å². The van der Waals surface area contributed by atoms with E-state index in [4.69, 9.17) is 4.74 Å². The largest absolute Gasteiger partial charge is 0.423 e. The van der Waals surface area contributed by atoms with Crippen LogP contribution in [0, 0.1) is 29.5 Å². The molecular weight excluding hydrogens is 375 g/mol.